The molecule has 2 heterocycles. The molecule has 0 saturated heterocycles. The monoisotopic (exact) mass is 500 g/mol. The molecule has 0 aliphatic rings. The third-order valence-corrected chi connectivity index (χ3v) is 6.24. The Labute approximate surface area is 201 Å². The van der Waals surface area contributed by atoms with Crippen molar-refractivity contribution in [3.05, 3.63) is 73.7 Å². The average molecular weight is 501 g/mol. The summed E-state index contributed by atoms with van der Waals surface area (Å²) in [6.07, 6.45) is 0. The van der Waals surface area contributed by atoms with Gasteiger partial charge in [0.25, 0.3) is 11.6 Å². The van der Waals surface area contributed by atoms with Crippen LogP contribution >= 0.6 is 22.9 Å². The summed E-state index contributed by atoms with van der Waals surface area (Å²) in [4.78, 5) is 40.6. The highest BCUT2D eigenvalue weighted by molar-refractivity contribution is 7.16. The van der Waals surface area contributed by atoms with Crippen LogP contribution in [0.2, 0.25) is 5.02 Å². The van der Waals surface area contributed by atoms with Crippen LogP contribution < -0.4 is 4.80 Å². The molecule has 4 rings (SSSR count). The van der Waals surface area contributed by atoms with Gasteiger partial charge in [-0.2, -0.15) is 4.99 Å². The molecule has 0 fully saturated rings. The highest BCUT2D eigenvalue weighted by Gasteiger charge is 2.24. The van der Waals surface area contributed by atoms with Gasteiger partial charge in [0.05, 0.1) is 26.8 Å². The molecule has 174 valence electrons. The maximum atomic E-state index is 13.3. The Hall–Kier alpha value is -3.83. The number of esters is 1. The molecular weight excluding hydrogens is 484 g/mol. The van der Waals surface area contributed by atoms with Crippen molar-refractivity contribution in [3.8, 4) is 11.3 Å². The van der Waals surface area contributed by atoms with Gasteiger partial charge in [-0.05, 0) is 26.0 Å². The Morgan fingerprint density at radius 1 is 1.29 bits per heavy atom. The van der Waals surface area contributed by atoms with Gasteiger partial charge in [-0.3, -0.25) is 19.7 Å². The molecule has 0 spiro atoms. The van der Waals surface area contributed by atoms with E-state index in [9.17, 15) is 19.7 Å². The fourth-order valence-corrected chi connectivity index (χ4v) is 4.64. The number of nitro groups is 1. The maximum absolute atomic E-state index is 13.3. The van der Waals surface area contributed by atoms with Crippen LogP contribution in [-0.2, 0) is 16.1 Å². The summed E-state index contributed by atoms with van der Waals surface area (Å²) in [6.45, 7) is 3.21. The van der Waals surface area contributed by atoms with Crippen molar-refractivity contribution in [2.24, 2.45) is 4.99 Å². The maximum Gasteiger partial charge on any atom is 0.326 e. The molecule has 10 nitrogen and oxygen atoms in total. The summed E-state index contributed by atoms with van der Waals surface area (Å²) < 4.78 is 12.3. The molecule has 0 aliphatic carbocycles. The Balaban J connectivity index is 1.87. The van der Waals surface area contributed by atoms with Crippen LogP contribution in [0, 0.1) is 17.0 Å². The van der Waals surface area contributed by atoms with Crippen molar-refractivity contribution in [3.63, 3.8) is 0 Å². The smallest absolute Gasteiger partial charge is 0.326 e. The fourth-order valence-electron chi connectivity index (χ4n) is 3.35. The van der Waals surface area contributed by atoms with Crippen molar-refractivity contribution in [1.82, 2.24) is 9.72 Å². The van der Waals surface area contributed by atoms with E-state index in [1.54, 1.807) is 38.1 Å². The molecule has 2 aromatic carbocycles. The van der Waals surface area contributed by atoms with E-state index >= 15 is 0 Å². The first-order valence-corrected chi connectivity index (χ1v) is 11.2. The number of carbonyl (C=O) groups is 2. The SMILES string of the molecule is CCOC(=O)Cn1c(=NC(=O)c2c(-c3ccccc3Cl)noc2C)sc2cc([N+](=O)[O-])ccc21. The molecule has 0 radical (unpaired) electrons. The standard InChI is InChI=1S/C22H17ClN4O6S/c1-3-32-18(28)11-26-16-9-8-13(27(30)31)10-17(16)34-22(26)24-21(29)19-12(2)33-25-20(19)14-6-4-5-7-15(14)23/h4-10H,3,11H2,1-2H3. The van der Waals surface area contributed by atoms with Gasteiger partial charge < -0.3 is 13.8 Å². The number of amides is 1. The van der Waals surface area contributed by atoms with Crippen LogP contribution in [0.3, 0.4) is 0 Å². The minimum absolute atomic E-state index is 0.120. The molecule has 1 amide bonds. The number of aryl methyl sites for hydroxylation is 1. The predicted octanol–water partition coefficient (Wildman–Crippen LogP) is 4.53. The van der Waals surface area contributed by atoms with Crippen molar-refractivity contribution >= 4 is 50.7 Å². The van der Waals surface area contributed by atoms with Crippen LogP contribution in [0.1, 0.15) is 23.0 Å². The Kier molecular flexibility index (Phi) is 6.57. The lowest BCUT2D eigenvalue weighted by Gasteiger charge is -2.05. The zero-order valence-corrected chi connectivity index (χ0v) is 19.6. The molecular formula is C22H17ClN4O6S. The quantitative estimate of drug-likeness (QED) is 0.216. The lowest BCUT2D eigenvalue weighted by molar-refractivity contribution is -0.384. The number of rotatable bonds is 6. The van der Waals surface area contributed by atoms with Gasteiger partial charge in [-0.15, -0.1) is 0 Å². The molecule has 0 unspecified atom stereocenters. The summed E-state index contributed by atoms with van der Waals surface area (Å²) in [5, 5.41) is 15.6. The normalized spacial score (nSPS) is 11.7. The summed E-state index contributed by atoms with van der Waals surface area (Å²) in [5.74, 6) is -0.947. The largest absolute Gasteiger partial charge is 0.465 e. The second kappa shape index (κ2) is 9.57. The third-order valence-electron chi connectivity index (χ3n) is 4.87. The lowest BCUT2D eigenvalue weighted by atomic mass is 10.1. The number of nitro benzene ring substituents is 1. The van der Waals surface area contributed by atoms with E-state index in [-0.39, 0.29) is 40.7 Å². The minimum atomic E-state index is -0.660. The number of hydrogen-bond donors (Lipinski definition) is 0. The Bertz CT molecular complexity index is 1500. The van der Waals surface area contributed by atoms with Crippen LogP contribution in [0.25, 0.3) is 21.5 Å². The van der Waals surface area contributed by atoms with Crippen molar-refractivity contribution < 1.29 is 23.8 Å². The van der Waals surface area contributed by atoms with E-state index in [0.717, 1.165) is 11.3 Å². The number of fused-ring (bicyclic) bond motifs is 1. The number of aromatic nitrogens is 2. The number of halogens is 1. The van der Waals surface area contributed by atoms with Gasteiger partial charge >= 0.3 is 5.97 Å². The molecule has 0 atom stereocenters. The number of carbonyl (C=O) groups excluding carboxylic acids is 2. The van der Waals surface area contributed by atoms with E-state index in [1.165, 1.54) is 22.8 Å². The second-order valence-corrected chi connectivity index (χ2v) is 8.46. The summed E-state index contributed by atoms with van der Waals surface area (Å²) >= 11 is 7.32. The van der Waals surface area contributed by atoms with Gasteiger partial charge in [0, 0.05) is 17.7 Å². The molecule has 0 saturated carbocycles. The fraction of sp³-hybridized carbons (Fsp3) is 0.182. The van der Waals surface area contributed by atoms with E-state index in [1.807, 2.05) is 0 Å². The number of nitrogens with zero attached hydrogens (tertiary/aromatic N) is 4. The van der Waals surface area contributed by atoms with E-state index in [4.69, 9.17) is 20.9 Å². The third kappa shape index (κ3) is 4.47. The van der Waals surface area contributed by atoms with E-state index in [0.29, 0.717) is 20.8 Å². The minimum Gasteiger partial charge on any atom is -0.465 e. The molecule has 0 bridgehead atoms. The van der Waals surface area contributed by atoms with Crippen molar-refractivity contribution in [1.29, 1.82) is 0 Å². The zero-order valence-electron chi connectivity index (χ0n) is 18.0. The molecule has 0 N–H and O–H groups in total. The van der Waals surface area contributed by atoms with Gasteiger partial charge in [-0.25, -0.2) is 0 Å². The van der Waals surface area contributed by atoms with Crippen molar-refractivity contribution in [2.75, 3.05) is 6.61 Å². The van der Waals surface area contributed by atoms with Crippen LogP contribution in [0.5, 0.6) is 0 Å². The van der Waals surface area contributed by atoms with E-state index < -0.39 is 16.8 Å². The van der Waals surface area contributed by atoms with Crippen LogP contribution in [0.15, 0.2) is 52.0 Å². The summed E-state index contributed by atoms with van der Waals surface area (Å²) in [5.41, 5.74) is 1.25. The number of hydrogen-bond acceptors (Lipinski definition) is 8. The molecule has 34 heavy (non-hydrogen) atoms. The highest BCUT2D eigenvalue weighted by Crippen LogP contribution is 2.31. The van der Waals surface area contributed by atoms with Gasteiger partial charge in [-0.1, -0.05) is 46.3 Å². The summed E-state index contributed by atoms with van der Waals surface area (Å²) in [6, 6.07) is 11.1. The molecule has 2 aromatic heterocycles. The zero-order chi connectivity index (χ0) is 24.4. The summed E-state index contributed by atoms with van der Waals surface area (Å²) in [7, 11) is 0. The molecule has 12 heteroatoms. The number of thiazole rings is 1. The van der Waals surface area contributed by atoms with Crippen LogP contribution in [0.4, 0.5) is 5.69 Å². The number of non-ortho nitro benzene ring substituents is 1. The van der Waals surface area contributed by atoms with Crippen LogP contribution in [-0.4, -0.2) is 33.1 Å². The first kappa shape index (κ1) is 23.3. The number of ether oxygens (including phenoxy) is 1. The molecule has 4 aromatic rings. The van der Waals surface area contributed by atoms with E-state index in [2.05, 4.69) is 10.1 Å². The van der Waals surface area contributed by atoms with Gasteiger partial charge in [0.1, 0.15) is 23.6 Å². The highest BCUT2D eigenvalue weighted by atomic mass is 35.5. The first-order chi connectivity index (χ1) is 16.3. The number of benzene rings is 2. The average Bonchev–Trinajstić information content (AvgIpc) is 3.34. The lowest BCUT2D eigenvalue weighted by Crippen LogP contribution is -2.23. The van der Waals surface area contributed by atoms with Gasteiger partial charge in [0.15, 0.2) is 4.80 Å². The predicted molar refractivity (Wildman–Crippen MR) is 125 cm³/mol. The second-order valence-electron chi connectivity index (χ2n) is 7.04. The Morgan fingerprint density at radius 3 is 2.76 bits per heavy atom. The first-order valence-electron chi connectivity index (χ1n) is 10.0. The van der Waals surface area contributed by atoms with Gasteiger partial charge in [0.2, 0.25) is 0 Å². The Morgan fingerprint density at radius 2 is 2.06 bits per heavy atom. The molecule has 0 aliphatic heterocycles. The van der Waals surface area contributed by atoms with Crippen molar-refractivity contribution in [2.45, 2.75) is 20.4 Å². The topological polar surface area (TPSA) is 130 Å².